The van der Waals surface area contributed by atoms with Crippen LogP contribution in [0.15, 0.2) is 30.4 Å². The number of Topliss-reactive ketones (excluding diaryl/α,β-unsaturated/α-hetero) is 1. The molecule has 0 saturated heterocycles. The average molecular weight is 313 g/mol. The Kier molecular flexibility index (Phi) is 4.28. The molecule has 1 aromatic carbocycles. The van der Waals surface area contributed by atoms with Crippen LogP contribution in [0.4, 0.5) is 5.69 Å². The van der Waals surface area contributed by atoms with E-state index in [9.17, 15) is 14.4 Å². The van der Waals surface area contributed by atoms with E-state index in [0.29, 0.717) is 12.0 Å². The average Bonchev–Trinajstić information content (AvgIpc) is 2.87. The number of hydrogen-bond donors (Lipinski definition) is 1. The van der Waals surface area contributed by atoms with Gasteiger partial charge in [-0.3, -0.25) is 14.4 Å². The molecule has 0 aromatic heterocycles. The van der Waals surface area contributed by atoms with Crippen LogP contribution in [0.3, 0.4) is 0 Å². The largest absolute Gasteiger partial charge is 0.457 e. The molecule has 1 heterocycles. The summed E-state index contributed by atoms with van der Waals surface area (Å²) in [5.41, 5.74) is 2.01. The second-order valence-corrected chi connectivity index (χ2v) is 6.03. The van der Waals surface area contributed by atoms with Crippen molar-refractivity contribution in [2.45, 2.75) is 32.1 Å². The van der Waals surface area contributed by atoms with Gasteiger partial charge in [-0.15, -0.1) is 0 Å². The van der Waals surface area contributed by atoms with Gasteiger partial charge in [0, 0.05) is 11.3 Å². The number of anilines is 1. The van der Waals surface area contributed by atoms with Crippen LogP contribution in [0, 0.1) is 5.92 Å². The van der Waals surface area contributed by atoms with Crippen molar-refractivity contribution >= 4 is 23.3 Å². The second kappa shape index (κ2) is 6.36. The summed E-state index contributed by atoms with van der Waals surface area (Å²) in [4.78, 5) is 35.8. The van der Waals surface area contributed by atoms with Crippen LogP contribution in [0.5, 0.6) is 0 Å². The van der Waals surface area contributed by atoms with Crippen molar-refractivity contribution in [3.05, 3.63) is 41.5 Å². The van der Waals surface area contributed by atoms with Crippen molar-refractivity contribution in [2.24, 2.45) is 5.92 Å². The molecule has 0 radical (unpaired) electrons. The Balaban J connectivity index is 1.62. The van der Waals surface area contributed by atoms with E-state index in [4.69, 9.17) is 4.74 Å². The predicted molar refractivity (Wildman–Crippen MR) is 85.3 cm³/mol. The van der Waals surface area contributed by atoms with E-state index in [1.165, 1.54) is 0 Å². The molecule has 1 N–H and O–H groups in total. The molecule has 1 aromatic rings. The Morgan fingerprint density at radius 3 is 2.87 bits per heavy atom. The van der Waals surface area contributed by atoms with Crippen molar-refractivity contribution < 1.29 is 19.1 Å². The normalized spacial score (nSPS) is 22.4. The van der Waals surface area contributed by atoms with E-state index in [2.05, 4.69) is 11.4 Å². The lowest BCUT2D eigenvalue weighted by atomic mass is 9.95. The summed E-state index contributed by atoms with van der Waals surface area (Å²) in [7, 11) is 0. The number of fused-ring (bicyclic) bond motifs is 1. The van der Waals surface area contributed by atoms with Crippen molar-refractivity contribution in [3.8, 4) is 0 Å². The maximum atomic E-state index is 12.2. The molecule has 2 atom stereocenters. The third kappa shape index (κ3) is 3.18. The van der Waals surface area contributed by atoms with Gasteiger partial charge in [-0.25, -0.2) is 0 Å². The summed E-state index contributed by atoms with van der Waals surface area (Å²) < 4.78 is 5.16. The molecule has 0 fully saturated rings. The number of ketones is 1. The number of amides is 1. The molecule has 5 nitrogen and oxygen atoms in total. The predicted octanol–water partition coefficient (Wildman–Crippen LogP) is 2.82. The van der Waals surface area contributed by atoms with E-state index in [1.807, 2.05) is 6.08 Å². The first-order valence-electron chi connectivity index (χ1n) is 7.86. The van der Waals surface area contributed by atoms with Gasteiger partial charge >= 0.3 is 5.97 Å². The van der Waals surface area contributed by atoms with Crippen LogP contribution in [-0.2, 0) is 14.3 Å². The van der Waals surface area contributed by atoms with E-state index in [-0.39, 0.29) is 36.1 Å². The molecule has 1 aliphatic carbocycles. The zero-order valence-corrected chi connectivity index (χ0v) is 13.0. The number of hydrogen-bond acceptors (Lipinski definition) is 4. The van der Waals surface area contributed by atoms with Gasteiger partial charge in [-0.2, -0.15) is 0 Å². The molecule has 0 bridgehead atoms. The number of allylic oxidation sites excluding steroid dienone is 2. The third-order valence-electron chi connectivity index (χ3n) is 4.44. The van der Waals surface area contributed by atoms with Crippen LogP contribution in [-0.4, -0.2) is 24.3 Å². The minimum absolute atomic E-state index is 0.0682. The molecule has 0 unspecified atom stereocenters. The third-order valence-corrected chi connectivity index (χ3v) is 4.44. The van der Waals surface area contributed by atoms with Gasteiger partial charge in [0.1, 0.15) is 0 Å². The summed E-state index contributed by atoms with van der Waals surface area (Å²) >= 11 is 0. The number of carbonyl (C=O) groups is 3. The number of rotatable bonds is 4. The number of carbonyl (C=O) groups excluding carboxylic acids is 3. The smallest absolute Gasteiger partial charge is 0.309 e. The molecule has 120 valence electrons. The van der Waals surface area contributed by atoms with Gasteiger partial charge in [0.15, 0.2) is 12.4 Å². The fraction of sp³-hybridized carbons (Fsp3) is 0.389. The Morgan fingerprint density at radius 2 is 2.13 bits per heavy atom. The van der Waals surface area contributed by atoms with Crippen molar-refractivity contribution in [1.82, 2.24) is 0 Å². The highest BCUT2D eigenvalue weighted by Crippen LogP contribution is 2.32. The van der Waals surface area contributed by atoms with Crippen LogP contribution in [0.1, 0.15) is 48.0 Å². The van der Waals surface area contributed by atoms with Crippen molar-refractivity contribution in [3.63, 3.8) is 0 Å². The summed E-state index contributed by atoms with van der Waals surface area (Å²) in [5.74, 6) is -1.04. The van der Waals surface area contributed by atoms with Crippen molar-refractivity contribution in [1.29, 1.82) is 0 Å². The number of benzene rings is 1. The Labute approximate surface area is 134 Å². The van der Waals surface area contributed by atoms with Crippen LogP contribution in [0.2, 0.25) is 0 Å². The summed E-state index contributed by atoms with van der Waals surface area (Å²) in [6, 6.07) is 5.08. The first kappa shape index (κ1) is 15.5. The summed E-state index contributed by atoms with van der Waals surface area (Å²) in [6.45, 7) is 1.54. The van der Waals surface area contributed by atoms with Gasteiger partial charge in [0.2, 0.25) is 5.91 Å². The highest BCUT2D eigenvalue weighted by atomic mass is 16.5. The first-order chi connectivity index (χ1) is 11.1. The van der Waals surface area contributed by atoms with E-state index in [1.54, 1.807) is 25.1 Å². The van der Waals surface area contributed by atoms with Gasteiger partial charge in [0.25, 0.3) is 0 Å². The fourth-order valence-corrected chi connectivity index (χ4v) is 2.94. The van der Waals surface area contributed by atoms with E-state index in [0.717, 1.165) is 24.1 Å². The topological polar surface area (TPSA) is 72.5 Å². The molecule has 1 amide bonds. The molecule has 0 saturated carbocycles. The summed E-state index contributed by atoms with van der Waals surface area (Å²) in [6.07, 6.45) is 6.35. The van der Waals surface area contributed by atoms with Gasteiger partial charge in [-0.05, 0) is 49.9 Å². The standard InChI is InChI=1S/C18H19NO4/c1-11-14-9-13(7-8-15(14)19-17(11)21)16(20)10-23-18(22)12-5-3-2-4-6-12/h2-3,7-9,11-12H,4-6,10H2,1H3,(H,19,21)/t11-,12+/m0/s1. The SMILES string of the molecule is C[C@@H]1C(=O)Nc2ccc(C(=O)COC(=O)[C@@H]3CC=CCC3)cc21. The molecule has 23 heavy (non-hydrogen) atoms. The molecule has 1 aliphatic heterocycles. The molecule has 5 heteroatoms. The minimum atomic E-state index is -0.311. The van der Waals surface area contributed by atoms with Gasteiger partial charge in [0.05, 0.1) is 11.8 Å². The lowest BCUT2D eigenvalue weighted by Crippen LogP contribution is -2.22. The zero-order valence-electron chi connectivity index (χ0n) is 13.0. The van der Waals surface area contributed by atoms with Gasteiger partial charge in [-0.1, -0.05) is 12.2 Å². The Morgan fingerprint density at radius 1 is 1.30 bits per heavy atom. The highest BCUT2D eigenvalue weighted by molar-refractivity contribution is 6.05. The molecule has 0 spiro atoms. The van der Waals surface area contributed by atoms with E-state index >= 15 is 0 Å². The van der Waals surface area contributed by atoms with E-state index < -0.39 is 0 Å². The number of ether oxygens (including phenoxy) is 1. The quantitative estimate of drug-likeness (QED) is 0.527. The number of esters is 1. The van der Waals surface area contributed by atoms with Crippen LogP contribution in [0.25, 0.3) is 0 Å². The maximum Gasteiger partial charge on any atom is 0.309 e. The van der Waals surface area contributed by atoms with Crippen LogP contribution >= 0.6 is 0 Å². The van der Waals surface area contributed by atoms with Gasteiger partial charge < -0.3 is 10.1 Å². The second-order valence-electron chi connectivity index (χ2n) is 6.03. The summed E-state index contributed by atoms with van der Waals surface area (Å²) in [5, 5.41) is 2.76. The Bertz CT molecular complexity index is 692. The van der Waals surface area contributed by atoms with Crippen molar-refractivity contribution in [2.75, 3.05) is 11.9 Å². The molecular weight excluding hydrogens is 294 g/mol. The minimum Gasteiger partial charge on any atom is -0.457 e. The first-order valence-corrected chi connectivity index (χ1v) is 7.86. The molecular formula is C18H19NO4. The molecule has 2 aliphatic rings. The zero-order chi connectivity index (χ0) is 16.4. The monoisotopic (exact) mass is 313 g/mol. The fourth-order valence-electron chi connectivity index (χ4n) is 2.94. The Hall–Kier alpha value is -2.43. The highest BCUT2D eigenvalue weighted by Gasteiger charge is 2.27. The lowest BCUT2D eigenvalue weighted by molar-refractivity contribution is -0.147. The lowest BCUT2D eigenvalue weighted by Gasteiger charge is -2.16. The van der Waals surface area contributed by atoms with Crippen LogP contribution < -0.4 is 5.32 Å². The maximum absolute atomic E-state index is 12.2. The number of nitrogens with one attached hydrogen (secondary N) is 1. The molecule has 3 rings (SSSR count).